The Morgan fingerprint density at radius 3 is 2.52 bits per heavy atom. The van der Waals surface area contributed by atoms with Crippen LogP contribution in [0.5, 0.6) is 11.5 Å². The van der Waals surface area contributed by atoms with Crippen molar-refractivity contribution in [1.82, 2.24) is 4.90 Å². The summed E-state index contributed by atoms with van der Waals surface area (Å²) >= 11 is 1.12. The molecule has 1 saturated heterocycles. The molecule has 1 atom stereocenters. The fourth-order valence-electron chi connectivity index (χ4n) is 2.80. The molecule has 9 heteroatoms. The molecule has 2 aromatic rings. The molecule has 0 bridgehead atoms. The van der Waals surface area contributed by atoms with Gasteiger partial charge in [-0.2, -0.15) is 0 Å². The molecule has 0 saturated carbocycles. The molecule has 1 heterocycles. The second-order valence-electron chi connectivity index (χ2n) is 6.25. The van der Waals surface area contributed by atoms with Crippen molar-refractivity contribution in [3.05, 3.63) is 53.8 Å². The highest BCUT2D eigenvalue weighted by Gasteiger charge is 2.35. The maximum absolute atomic E-state index is 13.2. The molecule has 152 valence electrons. The highest BCUT2D eigenvalue weighted by Crippen LogP contribution is 2.32. The number of rotatable bonds is 6. The summed E-state index contributed by atoms with van der Waals surface area (Å²) in [5.74, 6) is -0.138. The van der Waals surface area contributed by atoms with Crippen LogP contribution in [0.2, 0.25) is 0 Å². The molecule has 1 aliphatic heterocycles. The summed E-state index contributed by atoms with van der Waals surface area (Å²) in [6.45, 7) is 0.220. The molecule has 29 heavy (non-hydrogen) atoms. The van der Waals surface area contributed by atoms with E-state index >= 15 is 0 Å². The van der Waals surface area contributed by atoms with Crippen LogP contribution in [0.3, 0.4) is 0 Å². The molecule has 2 aromatic carbocycles. The third-order valence-corrected chi connectivity index (χ3v) is 5.50. The lowest BCUT2D eigenvalue weighted by Crippen LogP contribution is -2.45. The van der Waals surface area contributed by atoms with Crippen molar-refractivity contribution in [1.29, 1.82) is 0 Å². The van der Waals surface area contributed by atoms with Crippen molar-refractivity contribution in [2.45, 2.75) is 18.2 Å². The Morgan fingerprint density at radius 1 is 1.21 bits per heavy atom. The molecule has 0 radical (unpaired) electrons. The van der Waals surface area contributed by atoms with E-state index in [-0.39, 0.29) is 18.9 Å². The number of halogens is 1. The lowest BCUT2D eigenvalue weighted by Gasteiger charge is -2.31. The number of thioether (sulfide) groups is 1. The maximum Gasteiger partial charge on any atom is 0.231 e. The molecule has 7 nitrogen and oxygen atoms in total. The smallest absolute Gasteiger partial charge is 0.231 e. The van der Waals surface area contributed by atoms with E-state index in [1.165, 1.54) is 36.3 Å². The molecule has 1 fully saturated rings. The molecule has 1 unspecified atom stereocenters. The molecule has 0 spiro atoms. The van der Waals surface area contributed by atoms with Crippen LogP contribution in [0.1, 0.15) is 12.0 Å². The van der Waals surface area contributed by atoms with Gasteiger partial charge in [-0.05, 0) is 42.0 Å². The number of nitrogens with zero attached hydrogens (tertiary/aromatic N) is 2. The molecule has 0 aliphatic carbocycles. The largest absolute Gasteiger partial charge is 0.493 e. The van der Waals surface area contributed by atoms with E-state index in [1.54, 1.807) is 19.2 Å². The summed E-state index contributed by atoms with van der Waals surface area (Å²) in [5.41, 5.74) is 6.66. The zero-order valence-electron chi connectivity index (χ0n) is 15.9. The van der Waals surface area contributed by atoms with E-state index in [0.29, 0.717) is 22.4 Å². The van der Waals surface area contributed by atoms with Gasteiger partial charge in [0.25, 0.3) is 0 Å². The van der Waals surface area contributed by atoms with Crippen molar-refractivity contribution in [3.63, 3.8) is 0 Å². The van der Waals surface area contributed by atoms with Gasteiger partial charge in [-0.15, -0.1) is 0 Å². The van der Waals surface area contributed by atoms with E-state index in [1.807, 2.05) is 6.07 Å². The van der Waals surface area contributed by atoms with Gasteiger partial charge in [-0.3, -0.25) is 14.5 Å². The van der Waals surface area contributed by atoms with Gasteiger partial charge in [0.2, 0.25) is 11.8 Å². The Kier molecular flexibility index (Phi) is 6.38. The van der Waals surface area contributed by atoms with Crippen LogP contribution in [-0.2, 0) is 16.1 Å². The van der Waals surface area contributed by atoms with Crippen LogP contribution < -0.4 is 15.2 Å². The van der Waals surface area contributed by atoms with Crippen molar-refractivity contribution in [2.24, 2.45) is 10.7 Å². The zero-order valence-corrected chi connectivity index (χ0v) is 16.7. The van der Waals surface area contributed by atoms with Crippen molar-refractivity contribution in [3.8, 4) is 11.5 Å². The average Bonchev–Trinajstić information content (AvgIpc) is 2.71. The first-order chi connectivity index (χ1) is 13.9. The van der Waals surface area contributed by atoms with E-state index in [4.69, 9.17) is 15.2 Å². The number of amidine groups is 1. The van der Waals surface area contributed by atoms with Crippen LogP contribution in [0.4, 0.5) is 10.1 Å². The average molecular weight is 417 g/mol. The maximum atomic E-state index is 13.2. The van der Waals surface area contributed by atoms with Crippen LogP contribution in [0, 0.1) is 5.82 Å². The number of amides is 2. The van der Waals surface area contributed by atoms with Crippen molar-refractivity contribution >= 4 is 34.4 Å². The molecule has 1 aliphatic rings. The van der Waals surface area contributed by atoms with E-state index in [0.717, 1.165) is 17.3 Å². The summed E-state index contributed by atoms with van der Waals surface area (Å²) in [7, 11) is 3.07. The lowest BCUT2D eigenvalue weighted by atomic mass is 10.1. The second-order valence-corrected chi connectivity index (χ2v) is 7.42. The number of benzene rings is 2. The van der Waals surface area contributed by atoms with Gasteiger partial charge in [0, 0.05) is 6.42 Å². The quantitative estimate of drug-likeness (QED) is 0.780. The summed E-state index contributed by atoms with van der Waals surface area (Å²) in [6, 6.07) is 10.9. The molecular formula is C20H20FN3O4S. The van der Waals surface area contributed by atoms with Gasteiger partial charge in [0.05, 0.1) is 31.7 Å². The molecule has 3 rings (SSSR count). The highest BCUT2D eigenvalue weighted by molar-refractivity contribution is 8.15. The normalized spacial score (nSPS) is 18.0. The number of aliphatic imine (C=N–C) groups is 1. The van der Waals surface area contributed by atoms with E-state index in [2.05, 4.69) is 4.99 Å². The number of ether oxygens (including phenoxy) is 2. The first-order valence-corrected chi connectivity index (χ1v) is 9.60. The minimum Gasteiger partial charge on any atom is -0.493 e. The first kappa shape index (κ1) is 20.7. The number of carbonyl (C=O) groups excluding carboxylic acids is 2. The summed E-state index contributed by atoms with van der Waals surface area (Å²) in [5, 5.41) is -0.380. The monoisotopic (exact) mass is 417 g/mol. The number of methoxy groups -OCH3 is 2. The minimum atomic E-state index is -0.705. The van der Waals surface area contributed by atoms with Gasteiger partial charge in [0.15, 0.2) is 16.7 Å². The zero-order chi connectivity index (χ0) is 21.0. The number of primary amides is 1. The topological polar surface area (TPSA) is 94.2 Å². The van der Waals surface area contributed by atoms with Crippen LogP contribution in [0.15, 0.2) is 47.5 Å². The number of hydrogen-bond donors (Lipinski definition) is 1. The van der Waals surface area contributed by atoms with Gasteiger partial charge in [-0.25, -0.2) is 9.38 Å². The molecular weight excluding hydrogens is 397 g/mol. The second kappa shape index (κ2) is 8.95. The van der Waals surface area contributed by atoms with Crippen LogP contribution >= 0.6 is 11.8 Å². The molecule has 2 amide bonds. The van der Waals surface area contributed by atoms with E-state index < -0.39 is 17.0 Å². The Bertz CT molecular complexity index is 949. The standard InChI is InChI=1S/C20H20FN3O4S/c1-27-15-8-3-12(9-16(15)28-2)11-24-18(25)10-17(19(22)26)29-20(24)23-14-6-4-13(21)5-7-14/h3-9,17H,10-11H2,1-2H3,(H2,22,26). The van der Waals surface area contributed by atoms with Gasteiger partial charge in [-0.1, -0.05) is 17.8 Å². The molecule has 2 N–H and O–H groups in total. The van der Waals surface area contributed by atoms with Gasteiger partial charge >= 0.3 is 0 Å². The SMILES string of the molecule is COc1ccc(CN2C(=O)CC(C(N)=O)SC2=Nc2ccc(F)cc2)cc1OC. The van der Waals surface area contributed by atoms with Crippen LogP contribution in [0.25, 0.3) is 0 Å². The lowest BCUT2D eigenvalue weighted by molar-refractivity contribution is -0.130. The Balaban J connectivity index is 1.94. The fraction of sp³-hybridized carbons (Fsp3) is 0.250. The predicted octanol–water partition coefficient (Wildman–Crippen LogP) is 2.85. The van der Waals surface area contributed by atoms with Gasteiger partial charge < -0.3 is 15.2 Å². The fourth-order valence-corrected chi connectivity index (χ4v) is 3.85. The Labute approximate surface area is 171 Å². The Hall–Kier alpha value is -3.07. The third kappa shape index (κ3) is 4.86. The van der Waals surface area contributed by atoms with Crippen molar-refractivity contribution < 1.29 is 23.5 Å². The number of hydrogen-bond acceptors (Lipinski definition) is 6. The molecule has 0 aromatic heterocycles. The van der Waals surface area contributed by atoms with Crippen LogP contribution in [-0.4, -0.2) is 41.4 Å². The number of nitrogens with two attached hydrogens (primary N) is 1. The van der Waals surface area contributed by atoms with E-state index in [9.17, 15) is 14.0 Å². The number of carbonyl (C=O) groups is 2. The first-order valence-electron chi connectivity index (χ1n) is 8.72. The predicted molar refractivity (Wildman–Crippen MR) is 109 cm³/mol. The van der Waals surface area contributed by atoms with Gasteiger partial charge in [0.1, 0.15) is 5.82 Å². The Morgan fingerprint density at radius 2 is 1.90 bits per heavy atom. The van der Waals surface area contributed by atoms with Crippen molar-refractivity contribution in [2.75, 3.05) is 14.2 Å². The minimum absolute atomic E-state index is 0.0181. The highest BCUT2D eigenvalue weighted by atomic mass is 32.2. The summed E-state index contributed by atoms with van der Waals surface area (Å²) in [4.78, 5) is 30.3. The summed E-state index contributed by atoms with van der Waals surface area (Å²) in [6.07, 6.45) is -0.0181. The summed E-state index contributed by atoms with van der Waals surface area (Å²) < 4.78 is 23.7. The third-order valence-electron chi connectivity index (χ3n) is 4.30.